The number of rotatable bonds is 6. The second-order valence-electron chi connectivity index (χ2n) is 4.18. The fourth-order valence-electron chi connectivity index (χ4n) is 1.56. The summed E-state index contributed by atoms with van der Waals surface area (Å²) in [6.07, 6.45) is 6.53. The van der Waals surface area contributed by atoms with E-state index in [1.165, 1.54) is 6.08 Å². The molecular formula is C15H15ClN4O. The molecule has 5 nitrogen and oxygen atoms in total. The molecule has 0 spiro atoms. The molecule has 2 N–H and O–H groups in total. The van der Waals surface area contributed by atoms with E-state index in [4.69, 9.17) is 11.6 Å². The van der Waals surface area contributed by atoms with Crippen LogP contribution < -0.4 is 10.6 Å². The molecular weight excluding hydrogens is 288 g/mol. The predicted octanol–water partition coefficient (Wildman–Crippen LogP) is 2.37. The van der Waals surface area contributed by atoms with E-state index in [0.29, 0.717) is 24.1 Å². The van der Waals surface area contributed by atoms with Gasteiger partial charge < -0.3 is 10.6 Å². The molecule has 0 atom stereocenters. The molecule has 21 heavy (non-hydrogen) atoms. The molecule has 1 amide bonds. The average Bonchev–Trinajstić information content (AvgIpc) is 2.52. The molecule has 2 rings (SSSR count). The zero-order chi connectivity index (χ0) is 14.9. The third-order valence-electron chi connectivity index (χ3n) is 2.57. The molecule has 0 unspecified atom stereocenters. The van der Waals surface area contributed by atoms with E-state index in [1.807, 2.05) is 12.1 Å². The lowest BCUT2D eigenvalue weighted by molar-refractivity contribution is -0.116. The highest BCUT2D eigenvalue weighted by atomic mass is 35.5. The van der Waals surface area contributed by atoms with Crippen LogP contribution in [-0.2, 0) is 4.79 Å². The number of anilines is 1. The SMILES string of the molecule is O=C(/C=C\c1ccc(Cl)cc1)NCCNc1ncccn1. The molecule has 1 aromatic carbocycles. The summed E-state index contributed by atoms with van der Waals surface area (Å²) < 4.78 is 0. The highest BCUT2D eigenvalue weighted by Gasteiger charge is 1.96. The van der Waals surface area contributed by atoms with Crippen molar-refractivity contribution in [3.63, 3.8) is 0 Å². The van der Waals surface area contributed by atoms with Crippen LogP contribution in [0.15, 0.2) is 48.8 Å². The molecule has 0 aliphatic heterocycles. The Labute approximate surface area is 128 Å². The summed E-state index contributed by atoms with van der Waals surface area (Å²) >= 11 is 5.79. The van der Waals surface area contributed by atoms with Crippen LogP contribution in [0, 0.1) is 0 Å². The Kier molecular flexibility index (Phi) is 5.72. The van der Waals surface area contributed by atoms with E-state index in [9.17, 15) is 4.79 Å². The molecule has 0 aliphatic rings. The van der Waals surface area contributed by atoms with Gasteiger partial charge in [0.05, 0.1) is 0 Å². The van der Waals surface area contributed by atoms with Crippen LogP contribution in [0.1, 0.15) is 5.56 Å². The molecule has 0 saturated carbocycles. The summed E-state index contributed by atoms with van der Waals surface area (Å²) in [5.41, 5.74) is 0.922. The van der Waals surface area contributed by atoms with Crippen LogP contribution in [0.25, 0.3) is 6.08 Å². The minimum Gasteiger partial charge on any atom is -0.352 e. The number of carbonyl (C=O) groups excluding carboxylic acids is 1. The van der Waals surface area contributed by atoms with Gasteiger partial charge in [-0.1, -0.05) is 23.7 Å². The summed E-state index contributed by atoms with van der Waals surface area (Å²) in [4.78, 5) is 19.6. The van der Waals surface area contributed by atoms with Gasteiger partial charge in [0, 0.05) is 36.6 Å². The number of amides is 1. The van der Waals surface area contributed by atoms with Crippen LogP contribution in [-0.4, -0.2) is 29.0 Å². The molecule has 0 saturated heterocycles. The van der Waals surface area contributed by atoms with Crippen LogP contribution in [0.2, 0.25) is 5.02 Å². The summed E-state index contributed by atoms with van der Waals surface area (Å²) in [6, 6.07) is 9.00. The number of halogens is 1. The first kappa shape index (κ1) is 15.0. The first-order valence-electron chi connectivity index (χ1n) is 6.46. The van der Waals surface area contributed by atoms with Crippen LogP contribution >= 0.6 is 11.6 Å². The lowest BCUT2D eigenvalue weighted by Crippen LogP contribution is -2.27. The lowest BCUT2D eigenvalue weighted by Gasteiger charge is -2.04. The van der Waals surface area contributed by atoms with E-state index in [2.05, 4.69) is 20.6 Å². The minimum atomic E-state index is -0.152. The summed E-state index contributed by atoms with van der Waals surface area (Å²) in [7, 11) is 0. The summed E-state index contributed by atoms with van der Waals surface area (Å²) in [5, 5.41) is 6.44. The van der Waals surface area contributed by atoms with Crippen LogP contribution in [0.3, 0.4) is 0 Å². The van der Waals surface area contributed by atoms with Crippen molar-refractivity contribution in [1.82, 2.24) is 15.3 Å². The van der Waals surface area contributed by atoms with Gasteiger partial charge in [-0.05, 0) is 29.8 Å². The molecule has 2 aromatic rings. The quantitative estimate of drug-likeness (QED) is 0.635. The first-order valence-corrected chi connectivity index (χ1v) is 6.84. The van der Waals surface area contributed by atoms with Gasteiger partial charge in [0.25, 0.3) is 0 Å². The second kappa shape index (κ2) is 8.01. The van der Waals surface area contributed by atoms with Gasteiger partial charge in [-0.15, -0.1) is 0 Å². The maximum atomic E-state index is 11.6. The zero-order valence-electron chi connectivity index (χ0n) is 11.3. The standard InChI is InChI=1S/C15H15ClN4O/c16-13-5-2-12(3-6-13)4-7-14(21)17-10-11-20-15-18-8-1-9-19-15/h1-9H,10-11H2,(H,17,21)(H,18,19,20)/b7-4-. The van der Waals surface area contributed by atoms with Gasteiger partial charge in [-0.2, -0.15) is 0 Å². The Morgan fingerprint density at radius 2 is 1.86 bits per heavy atom. The lowest BCUT2D eigenvalue weighted by atomic mass is 10.2. The van der Waals surface area contributed by atoms with Crippen molar-refractivity contribution >= 4 is 29.5 Å². The molecule has 108 valence electrons. The van der Waals surface area contributed by atoms with Gasteiger partial charge in [-0.25, -0.2) is 9.97 Å². The number of carbonyl (C=O) groups is 1. The molecule has 6 heteroatoms. The van der Waals surface area contributed by atoms with Crippen molar-refractivity contribution in [2.75, 3.05) is 18.4 Å². The molecule has 1 heterocycles. The smallest absolute Gasteiger partial charge is 0.244 e. The number of hydrogen-bond acceptors (Lipinski definition) is 4. The monoisotopic (exact) mass is 302 g/mol. The van der Waals surface area contributed by atoms with Crippen molar-refractivity contribution in [2.45, 2.75) is 0 Å². The number of benzene rings is 1. The van der Waals surface area contributed by atoms with E-state index >= 15 is 0 Å². The summed E-state index contributed by atoms with van der Waals surface area (Å²) in [6.45, 7) is 1.05. The highest BCUT2D eigenvalue weighted by molar-refractivity contribution is 6.30. The van der Waals surface area contributed by atoms with Crippen molar-refractivity contribution in [1.29, 1.82) is 0 Å². The Bertz CT molecular complexity index is 599. The minimum absolute atomic E-state index is 0.152. The van der Waals surface area contributed by atoms with E-state index in [-0.39, 0.29) is 5.91 Å². The molecule has 1 aromatic heterocycles. The second-order valence-corrected chi connectivity index (χ2v) is 4.61. The largest absolute Gasteiger partial charge is 0.352 e. The Balaban J connectivity index is 1.69. The highest BCUT2D eigenvalue weighted by Crippen LogP contribution is 2.10. The topological polar surface area (TPSA) is 66.9 Å². The van der Waals surface area contributed by atoms with Crippen LogP contribution in [0.5, 0.6) is 0 Å². The Hall–Kier alpha value is -2.40. The molecule has 0 fully saturated rings. The van der Waals surface area contributed by atoms with Gasteiger partial charge >= 0.3 is 0 Å². The van der Waals surface area contributed by atoms with Crippen molar-refractivity contribution in [3.8, 4) is 0 Å². The van der Waals surface area contributed by atoms with Gasteiger partial charge in [0.15, 0.2) is 0 Å². The van der Waals surface area contributed by atoms with Crippen LogP contribution in [0.4, 0.5) is 5.95 Å². The third-order valence-corrected chi connectivity index (χ3v) is 2.82. The average molecular weight is 303 g/mol. The number of aromatic nitrogens is 2. The first-order chi connectivity index (χ1) is 10.2. The number of hydrogen-bond donors (Lipinski definition) is 2. The van der Waals surface area contributed by atoms with Crippen molar-refractivity contribution < 1.29 is 4.79 Å². The molecule has 0 radical (unpaired) electrons. The van der Waals surface area contributed by atoms with E-state index in [1.54, 1.807) is 36.7 Å². The Morgan fingerprint density at radius 3 is 2.57 bits per heavy atom. The Morgan fingerprint density at radius 1 is 1.14 bits per heavy atom. The number of nitrogens with zero attached hydrogens (tertiary/aromatic N) is 2. The van der Waals surface area contributed by atoms with Crippen molar-refractivity contribution in [2.24, 2.45) is 0 Å². The van der Waals surface area contributed by atoms with E-state index in [0.717, 1.165) is 5.56 Å². The zero-order valence-corrected chi connectivity index (χ0v) is 12.0. The maximum absolute atomic E-state index is 11.6. The molecule has 0 bridgehead atoms. The predicted molar refractivity (Wildman–Crippen MR) is 84.0 cm³/mol. The van der Waals surface area contributed by atoms with Gasteiger partial charge in [0.1, 0.15) is 0 Å². The fourth-order valence-corrected chi connectivity index (χ4v) is 1.68. The van der Waals surface area contributed by atoms with Gasteiger partial charge in [-0.3, -0.25) is 4.79 Å². The van der Waals surface area contributed by atoms with E-state index < -0.39 is 0 Å². The van der Waals surface area contributed by atoms with Crippen molar-refractivity contribution in [3.05, 3.63) is 59.4 Å². The summed E-state index contributed by atoms with van der Waals surface area (Å²) in [5.74, 6) is 0.393. The fraction of sp³-hybridized carbons (Fsp3) is 0.133. The maximum Gasteiger partial charge on any atom is 0.244 e. The number of nitrogens with one attached hydrogen (secondary N) is 2. The third kappa shape index (κ3) is 5.62. The van der Waals surface area contributed by atoms with Gasteiger partial charge in [0.2, 0.25) is 11.9 Å². The molecule has 0 aliphatic carbocycles. The normalized spacial score (nSPS) is 10.5.